The van der Waals surface area contributed by atoms with Gasteiger partial charge in [0.05, 0.1) is 16.4 Å². The van der Waals surface area contributed by atoms with Gasteiger partial charge in [0.2, 0.25) is 5.91 Å². The minimum Gasteiger partial charge on any atom is -0.368 e. The predicted octanol–water partition coefficient (Wildman–Crippen LogP) is 3.85. The van der Waals surface area contributed by atoms with Gasteiger partial charge in [-0.1, -0.05) is 19.1 Å². The van der Waals surface area contributed by atoms with Gasteiger partial charge in [-0.2, -0.15) is 0 Å². The number of rotatable bonds is 6. The zero-order chi connectivity index (χ0) is 22.7. The maximum absolute atomic E-state index is 12.8. The number of carbonyl (C=O) groups excluding carboxylic acids is 1. The smallest absolute Gasteiger partial charge is 0.278 e. The molecular weight excluding hydrogens is 406 g/mol. The third-order valence-corrected chi connectivity index (χ3v) is 6.18. The van der Waals surface area contributed by atoms with Crippen molar-refractivity contribution in [1.29, 1.82) is 0 Å². The van der Waals surface area contributed by atoms with Crippen molar-refractivity contribution >= 4 is 33.7 Å². The second kappa shape index (κ2) is 9.32. The molecule has 1 fully saturated rings. The minimum absolute atomic E-state index is 0.0189. The van der Waals surface area contributed by atoms with Gasteiger partial charge in [0.15, 0.2) is 0 Å². The fraction of sp³-hybridized carbons (Fsp3) is 0.333. The van der Waals surface area contributed by atoms with Gasteiger partial charge in [0.1, 0.15) is 0 Å². The summed E-state index contributed by atoms with van der Waals surface area (Å²) >= 11 is 0. The van der Waals surface area contributed by atoms with Gasteiger partial charge >= 0.3 is 0 Å². The van der Waals surface area contributed by atoms with Crippen molar-refractivity contribution in [1.82, 2.24) is 9.88 Å². The second-order valence-electron chi connectivity index (χ2n) is 8.02. The van der Waals surface area contributed by atoms with Crippen LogP contribution >= 0.6 is 0 Å². The number of non-ortho nitro benzene ring substituents is 1. The molecule has 0 spiro atoms. The lowest BCUT2D eigenvalue weighted by molar-refractivity contribution is -0.383. The van der Waals surface area contributed by atoms with Crippen molar-refractivity contribution in [3.05, 3.63) is 70.5 Å². The van der Waals surface area contributed by atoms with Crippen molar-refractivity contribution in [2.45, 2.75) is 26.3 Å². The van der Waals surface area contributed by atoms with Gasteiger partial charge < -0.3 is 10.2 Å². The first-order valence-electron chi connectivity index (χ1n) is 10.9. The molecule has 1 saturated heterocycles. The topological polar surface area (TPSA) is 91.6 Å². The zero-order valence-electron chi connectivity index (χ0n) is 18.3. The lowest BCUT2D eigenvalue weighted by Gasteiger charge is -2.38. The monoisotopic (exact) mass is 433 g/mol. The van der Waals surface area contributed by atoms with E-state index in [0.29, 0.717) is 5.39 Å². The van der Waals surface area contributed by atoms with E-state index < -0.39 is 0 Å². The quantitative estimate of drug-likeness (QED) is 0.469. The van der Waals surface area contributed by atoms with E-state index in [2.05, 4.69) is 27.0 Å². The first kappa shape index (κ1) is 21.7. The van der Waals surface area contributed by atoms with E-state index >= 15 is 0 Å². The van der Waals surface area contributed by atoms with E-state index in [-0.39, 0.29) is 22.6 Å². The van der Waals surface area contributed by atoms with Crippen molar-refractivity contribution < 1.29 is 9.72 Å². The Bertz CT molecular complexity index is 1120. The summed E-state index contributed by atoms with van der Waals surface area (Å²) in [4.78, 5) is 32.2. The second-order valence-corrected chi connectivity index (χ2v) is 8.02. The van der Waals surface area contributed by atoms with Crippen molar-refractivity contribution in [3.63, 3.8) is 0 Å². The van der Waals surface area contributed by atoms with Crippen LogP contribution in [0.3, 0.4) is 0 Å². The van der Waals surface area contributed by atoms with Crippen molar-refractivity contribution in [2.75, 3.05) is 36.4 Å². The highest BCUT2D eigenvalue weighted by atomic mass is 16.6. The van der Waals surface area contributed by atoms with Crippen LogP contribution in [-0.4, -0.2) is 52.9 Å². The molecule has 8 nitrogen and oxygen atoms in total. The third-order valence-electron chi connectivity index (χ3n) is 6.18. The molecule has 0 aliphatic carbocycles. The predicted molar refractivity (Wildman–Crippen MR) is 126 cm³/mol. The van der Waals surface area contributed by atoms with Crippen molar-refractivity contribution in [2.24, 2.45) is 0 Å². The van der Waals surface area contributed by atoms with E-state index in [9.17, 15) is 14.9 Å². The lowest BCUT2D eigenvalue weighted by atomic mass is 10.1. The van der Waals surface area contributed by atoms with Gasteiger partial charge in [0, 0.05) is 61.4 Å². The Morgan fingerprint density at radius 3 is 2.47 bits per heavy atom. The highest BCUT2D eigenvalue weighted by Gasteiger charge is 2.27. The molecule has 0 bridgehead atoms. The molecule has 0 saturated carbocycles. The highest BCUT2D eigenvalue weighted by Crippen LogP contribution is 2.33. The van der Waals surface area contributed by atoms with Crippen LogP contribution < -0.4 is 10.2 Å². The molecule has 1 N–H and O–H groups in total. The normalized spacial score (nSPS) is 15.5. The van der Waals surface area contributed by atoms with Crippen LogP contribution in [0, 0.1) is 10.1 Å². The number of aromatic nitrogens is 1. The Morgan fingerprint density at radius 1 is 1.09 bits per heavy atom. The summed E-state index contributed by atoms with van der Waals surface area (Å²) in [7, 11) is 0. The standard InChI is InChI=1S/C24H27N5O3/c1-3-18-4-6-19(7-5-18)26-24(30)17(2)27-12-14-28(15-13-27)22-8-9-23(29(31)32)21-16-25-11-10-20(21)22/h4-11,16-17H,3,12-15H2,1-2H3,(H,26,30)/t17-/m1/s1. The molecule has 3 aromatic rings. The summed E-state index contributed by atoms with van der Waals surface area (Å²) < 4.78 is 0. The van der Waals surface area contributed by atoms with Gasteiger partial charge in [-0.15, -0.1) is 0 Å². The first-order chi connectivity index (χ1) is 15.5. The Labute approximate surface area is 187 Å². The molecule has 1 aromatic heterocycles. The summed E-state index contributed by atoms with van der Waals surface area (Å²) in [6, 6.07) is 12.9. The molecule has 8 heteroatoms. The minimum atomic E-state index is -0.373. The van der Waals surface area contributed by atoms with Gasteiger partial charge in [-0.3, -0.25) is 24.8 Å². The Balaban J connectivity index is 1.42. The zero-order valence-corrected chi connectivity index (χ0v) is 18.3. The molecular formula is C24H27N5O3. The maximum Gasteiger partial charge on any atom is 0.278 e. The summed E-state index contributed by atoms with van der Waals surface area (Å²) in [5, 5.41) is 15.7. The fourth-order valence-corrected chi connectivity index (χ4v) is 4.18. The number of hydrogen-bond donors (Lipinski definition) is 1. The number of piperazine rings is 1. The summed E-state index contributed by atoms with van der Waals surface area (Å²) in [5.74, 6) is -0.0189. The summed E-state index contributed by atoms with van der Waals surface area (Å²) in [6.07, 6.45) is 4.17. The molecule has 1 atom stereocenters. The fourth-order valence-electron chi connectivity index (χ4n) is 4.18. The molecule has 32 heavy (non-hydrogen) atoms. The van der Waals surface area contributed by atoms with Crippen LogP contribution in [0.2, 0.25) is 0 Å². The number of carbonyl (C=O) groups is 1. The summed E-state index contributed by atoms with van der Waals surface area (Å²) in [6.45, 7) is 6.96. The first-order valence-corrected chi connectivity index (χ1v) is 10.9. The van der Waals surface area contributed by atoms with E-state index in [1.54, 1.807) is 18.5 Å². The molecule has 1 amide bonds. The average molecular weight is 434 g/mol. The summed E-state index contributed by atoms with van der Waals surface area (Å²) in [5.41, 5.74) is 3.07. The Kier molecular flexibility index (Phi) is 6.32. The number of nitro groups is 1. The number of aryl methyl sites for hydroxylation is 1. The molecule has 166 valence electrons. The molecule has 1 aliphatic heterocycles. The van der Waals surface area contributed by atoms with Crippen LogP contribution in [0.25, 0.3) is 10.8 Å². The molecule has 4 rings (SSSR count). The Hall–Kier alpha value is -3.52. The molecule has 0 unspecified atom stereocenters. The molecule has 2 aromatic carbocycles. The molecule has 2 heterocycles. The largest absolute Gasteiger partial charge is 0.368 e. The number of anilines is 2. The van der Waals surface area contributed by atoms with E-state index in [1.165, 1.54) is 5.56 Å². The van der Waals surface area contributed by atoms with Crippen LogP contribution in [0.4, 0.5) is 17.1 Å². The van der Waals surface area contributed by atoms with Crippen LogP contribution in [0.1, 0.15) is 19.4 Å². The van der Waals surface area contributed by atoms with Crippen LogP contribution in [-0.2, 0) is 11.2 Å². The number of nitrogens with one attached hydrogen (secondary N) is 1. The maximum atomic E-state index is 12.8. The number of nitro benzene ring substituents is 1. The van der Waals surface area contributed by atoms with Crippen LogP contribution in [0.5, 0.6) is 0 Å². The number of benzene rings is 2. The number of pyridine rings is 1. The van der Waals surface area contributed by atoms with Crippen molar-refractivity contribution in [3.8, 4) is 0 Å². The van der Waals surface area contributed by atoms with E-state index in [1.807, 2.05) is 43.3 Å². The average Bonchev–Trinajstić information content (AvgIpc) is 2.83. The Morgan fingerprint density at radius 2 is 1.81 bits per heavy atom. The number of amides is 1. The lowest BCUT2D eigenvalue weighted by Crippen LogP contribution is -2.52. The van der Waals surface area contributed by atoms with E-state index in [4.69, 9.17) is 0 Å². The van der Waals surface area contributed by atoms with Gasteiger partial charge in [-0.05, 0) is 43.2 Å². The number of fused-ring (bicyclic) bond motifs is 1. The molecule has 0 radical (unpaired) electrons. The number of nitrogens with zero attached hydrogens (tertiary/aromatic N) is 4. The SMILES string of the molecule is CCc1ccc(NC(=O)[C@@H](C)N2CCN(c3ccc([N+](=O)[O-])c4cnccc34)CC2)cc1. The van der Waals surface area contributed by atoms with Gasteiger partial charge in [-0.25, -0.2) is 0 Å². The molecule has 1 aliphatic rings. The van der Waals surface area contributed by atoms with Gasteiger partial charge in [0.25, 0.3) is 5.69 Å². The van der Waals surface area contributed by atoms with E-state index in [0.717, 1.165) is 49.4 Å². The third kappa shape index (κ3) is 4.40. The van der Waals surface area contributed by atoms with Crippen LogP contribution in [0.15, 0.2) is 54.9 Å². The highest BCUT2D eigenvalue weighted by molar-refractivity contribution is 5.99. The number of hydrogen-bond acceptors (Lipinski definition) is 6.